The lowest BCUT2D eigenvalue weighted by molar-refractivity contribution is -0.188. The summed E-state index contributed by atoms with van der Waals surface area (Å²) < 4.78 is 41.1. The Morgan fingerprint density at radius 1 is 0.311 bits per heavy atom. The Kier molecular flexibility index (Phi) is 51.2. The summed E-state index contributed by atoms with van der Waals surface area (Å²) in [6, 6.07) is 0. The summed E-state index contributed by atoms with van der Waals surface area (Å²) in [6.45, 7) is 12.2. The standard InChI is InChI=1S/C54H106O7/c1-7-11-47-57-53(58-48-12-8-2)45-41-37-33-29-25-21-17-15-19-23-27-31-35-39-43-51(55-5)61-52(56-6)44-40-36-32-28-24-20-16-18-22-26-30-34-38-42-46-54(59-49-13-9-3)60-50-14-10-4/h39-40,43-44,51-54H,7-38,41-42,45-50H2,1-6H3. The molecule has 0 fully saturated rings. The molecule has 0 saturated carbocycles. The third-order valence-corrected chi connectivity index (χ3v) is 11.6. The van der Waals surface area contributed by atoms with Crippen LogP contribution in [0.5, 0.6) is 0 Å². The quantitative estimate of drug-likeness (QED) is 0.0343. The Hall–Kier alpha value is -0.800. The van der Waals surface area contributed by atoms with Crippen molar-refractivity contribution in [3.63, 3.8) is 0 Å². The maximum absolute atomic E-state index is 6.03. The average Bonchev–Trinajstić information content (AvgIpc) is 3.27. The van der Waals surface area contributed by atoms with Crippen molar-refractivity contribution in [2.45, 2.75) is 284 Å². The van der Waals surface area contributed by atoms with Gasteiger partial charge < -0.3 is 33.2 Å². The Labute approximate surface area is 380 Å². The van der Waals surface area contributed by atoms with Crippen molar-refractivity contribution in [2.75, 3.05) is 40.6 Å². The Bertz CT molecular complexity index is 778. The number of hydrogen-bond donors (Lipinski definition) is 0. The molecule has 0 amide bonds. The van der Waals surface area contributed by atoms with E-state index in [9.17, 15) is 0 Å². The van der Waals surface area contributed by atoms with E-state index in [0.29, 0.717) is 0 Å². The van der Waals surface area contributed by atoms with Gasteiger partial charge in [0.25, 0.3) is 0 Å². The van der Waals surface area contributed by atoms with Crippen LogP contribution in [-0.2, 0) is 33.2 Å². The second kappa shape index (κ2) is 51.8. The summed E-state index contributed by atoms with van der Waals surface area (Å²) in [5, 5.41) is 0. The number of hydrogen-bond acceptors (Lipinski definition) is 7. The zero-order valence-electron chi connectivity index (χ0n) is 41.8. The SMILES string of the molecule is CCCCOC(CCCCCCCCCCCCCCC=CC(OC)OC(C=CCCCCCCCCCCCCCCC(OCCCC)OCCCC)OC)OCCCC. The van der Waals surface area contributed by atoms with E-state index >= 15 is 0 Å². The van der Waals surface area contributed by atoms with Crippen molar-refractivity contribution in [1.29, 1.82) is 0 Å². The number of allylic oxidation sites excluding steroid dienone is 2. The Morgan fingerprint density at radius 2 is 0.557 bits per heavy atom. The fourth-order valence-electron chi connectivity index (χ4n) is 7.45. The molecule has 0 spiro atoms. The number of ether oxygens (including phenoxy) is 7. The highest BCUT2D eigenvalue weighted by molar-refractivity contribution is 4.89. The zero-order valence-corrected chi connectivity index (χ0v) is 41.8. The first-order valence-corrected chi connectivity index (χ1v) is 26.7. The van der Waals surface area contributed by atoms with Crippen molar-refractivity contribution in [2.24, 2.45) is 0 Å². The molecule has 0 aromatic carbocycles. The monoisotopic (exact) mass is 867 g/mol. The van der Waals surface area contributed by atoms with Crippen LogP contribution in [-0.4, -0.2) is 65.8 Å². The van der Waals surface area contributed by atoms with E-state index in [1.165, 1.54) is 180 Å². The molecule has 0 heterocycles. The largest absolute Gasteiger partial charge is 0.353 e. The van der Waals surface area contributed by atoms with Gasteiger partial charge in [0.15, 0.2) is 25.2 Å². The summed E-state index contributed by atoms with van der Waals surface area (Å²) in [5.41, 5.74) is 0. The van der Waals surface area contributed by atoms with Gasteiger partial charge in [0, 0.05) is 40.6 Å². The van der Waals surface area contributed by atoms with Crippen LogP contribution < -0.4 is 0 Å². The first-order chi connectivity index (χ1) is 30.1. The van der Waals surface area contributed by atoms with Gasteiger partial charge in [-0.15, -0.1) is 0 Å². The molecule has 7 heteroatoms. The molecule has 2 unspecified atom stereocenters. The summed E-state index contributed by atoms with van der Waals surface area (Å²) in [6.07, 6.45) is 53.2. The predicted molar refractivity (Wildman–Crippen MR) is 261 cm³/mol. The maximum atomic E-state index is 6.03. The molecule has 61 heavy (non-hydrogen) atoms. The van der Waals surface area contributed by atoms with Gasteiger partial charge >= 0.3 is 0 Å². The average molecular weight is 867 g/mol. The van der Waals surface area contributed by atoms with E-state index in [0.717, 1.165) is 77.8 Å². The van der Waals surface area contributed by atoms with Gasteiger partial charge in [-0.25, -0.2) is 0 Å². The number of rotatable bonds is 52. The molecular formula is C54H106O7. The molecule has 0 radical (unpaired) electrons. The minimum absolute atomic E-state index is 0.0100. The third-order valence-electron chi connectivity index (χ3n) is 11.6. The zero-order chi connectivity index (χ0) is 44.4. The van der Waals surface area contributed by atoms with Crippen molar-refractivity contribution in [1.82, 2.24) is 0 Å². The molecule has 0 aliphatic rings. The van der Waals surface area contributed by atoms with E-state index < -0.39 is 0 Å². The van der Waals surface area contributed by atoms with Crippen LogP contribution in [0.1, 0.15) is 259 Å². The first kappa shape index (κ1) is 60.2. The molecule has 0 aliphatic carbocycles. The van der Waals surface area contributed by atoms with E-state index in [4.69, 9.17) is 33.2 Å². The molecule has 0 N–H and O–H groups in total. The molecule has 7 nitrogen and oxygen atoms in total. The first-order valence-electron chi connectivity index (χ1n) is 26.7. The van der Waals surface area contributed by atoms with Gasteiger partial charge in [-0.3, -0.25) is 0 Å². The molecule has 0 aromatic rings. The van der Waals surface area contributed by atoms with Crippen molar-refractivity contribution in [3.8, 4) is 0 Å². The van der Waals surface area contributed by atoms with Crippen LogP contribution in [0.2, 0.25) is 0 Å². The smallest absolute Gasteiger partial charge is 0.179 e. The predicted octanol–water partition coefficient (Wildman–Crippen LogP) is 16.9. The van der Waals surface area contributed by atoms with E-state index in [-0.39, 0.29) is 25.2 Å². The normalized spacial score (nSPS) is 13.2. The minimum atomic E-state index is -0.385. The molecule has 364 valence electrons. The Morgan fingerprint density at radius 3 is 0.803 bits per heavy atom. The maximum Gasteiger partial charge on any atom is 0.179 e. The van der Waals surface area contributed by atoms with Gasteiger partial charge in [0.1, 0.15) is 0 Å². The minimum Gasteiger partial charge on any atom is -0.353 e. The van der Waals surface area contributed by atoms with Crippen LogP contribution in [0.4, 0.5) is 0 Å². The fraction of sp³-hybridized carbons (Fsp3) is 0.926. The fourth-order valence-corrected chi connectivity index (χ4v) is 7.45. The van der Waals surface area contributed by atoms with Crippen LogP contribution in [0.3, 0.4) is 0 Å². The van der Waals surface area contributed by atoms with Gasteiger partial charge in [0.05, 0.1) is 0 Å². The third kappa shape index (κ3) is 45.6. The second-order valence-corrected chi connectivity index (χ2v) is 17.6. The lowest BCUT2D eigenvalue weighted by Crippen LogP contribution is -2.22. The van der Waals surface area contributed by atoms with Crippen molar-refractivity contribution in [3.05, 3.63) is 24.3 Å². The van der Waals surface area contributed by atoms with Crippen LogP contribution in [0, 0.1) is 0 Å². The molecule has 0 rings (SSSR count). The highest BCUT2D eigenvalue weighted by Crippen LogP contribution is 2.18. The summed E-state index contributed by atoms with van der Waals surface area (Å²) in [7, 11) is 3.40. The molecule has 2 atom stereocenters. The van der Waals surface area contributed by atoms with Gasteiger partial charge in [-0.1, -0.05) is 194 Å². The topological polar surface area (TPSA) is 64.6 Å². The summed E-state index contributed by atoms with van der Waals surface area (Å²) in [5.74, 6) is 0. The molecule has 0 bridgehead atoms. The van der Waals surface area contributed by atoms with E-state index in [1.54, 1.807) is 14.2 Å². The molecular weight excluding hydrogens is 761 g/mol. The van der Waals surface area contributed by atoms with Crippen LogP contribution >= 0.6 is 0 Å². The van der Waals surface area contributed by atoms with Crippen molar-refractivity contribution < 1.29 is 33.2 Å². The van der Waals surface area contributed by atoms with Crippen LogP contribution in [0.15, 0.2) is 24.3 Å². The number of methoxy groups -OCH3 is 2. The van der Waals surface area contributed by atoms with E-state index in [2.05, 4.69) is 39.8 Å². The van der Waals surface area contributed by atoms with Gasteiger partial charge in [-0.05, 0) is 89.2 Å². The second-order valence-electron chi connectivity index (χ2n) is 17.6. The highest BCUT2D eigenvalue weighted by atomic mass is 16.8. The van der Waals surface area contributed by atoms with Gasteiger partial charge in [0.2, 0.25) is 0 Å². The molecule has 0 aliphatic heterocycles. The molecule has 0 saturated heterocycles. The van der Waals surface area contributed by atoms with Gasteiger partial charge in [-0.2, -0.15) is 0 Å². The summed E-state index contributed by atoms with van der Waals surface area (Å²) >= 11 is 0. The lowest BCUT2D eigenvalue weighted by Gasteiger charge is -2.18. The lowest BCUT2D eigenvalue weighted by atomic mass is 10.0. The Balaban J connectivity index is 3.74. The van der Waals surface area contributed by atoms with E-state index in [1.807, 2.05) is 12.2 Å². The van der Waals surface area contributed by atoms with Crippen LogP contribution in [0.25, 0.3) is 0 Å². The highest BCUT2D eigenvalue weighted by Gasteiger charge is 2.12. The van der Waals surface area contributed by atoms with Crippen molar-refractivity contribution >= 4 is 0 Å². The number of unbranched alkanes of at least 4 members (excludes halogenated alkanes) is 28. The summed E-state index contributed by atoms with van der Waals surface area (Å²) in [4.78, 5) is 0. The molecule has 0 aromatic heterocycles.